The number of fused-ring (bicyclic) bond motifs is 1. The Labute approximate surface area is 176 Å². The lowest BCUT2D eigenvalue weighted by atomic mass is 9.88. The SMILES string of the molecule is CC(C)Cc1ccc(-c2ncnc3c2N=CCC[C@@H]3C2O[C@H](CO)[C@@H](O)[C@H]2O)cc1. The summed E-state index contributed by atoms with van der Waals surface area (Å²) >= 11 is 0. The summed E-state index contributed by atoms with van der Waals surface area (Å²) in [6.07, 6.45) is 2.09. The third-order valence-corrected chi connectivity index (χ3v) is 5.88. The Morgan fingerprint density at radius 1 is 1.10 bits per heavy atom. The highest BCUT2D eigenvalue weighted by molar-refractivity contribution is 5.78. The van der Waals surface area contributed by atoms with Crippen LogP contribution in [-0.2, 0) is 11.2 Å². The number of rotatable bonds is 5. The molecule has 4 rings (SSSR count). The zero-order valence-corrected chi connectivity index (χ0v) is 17.3. The van der Waals surface area contributed by atoms with E-state index in [9.17, 15) is 15.3 Å². The van der Waals surface area contributed by atoms with Gasteiger partial charge in [0.25, 0.3) is 0 Å². The average molecular weight is 412 g/mol. The summed E-state index contributed by atoms with van der Waals surface area (Å²) in [5, 5.41) is 30.2. The molecule has 1 aromatic heterocycles. The van der Waals surface area contributed by atoms with E-state index in [-0.39, 0.29) is 12.5 Å². The van der Waals surface area contributed by atoms with Gasteiger partial charge in [-0.1, -0.05) is 38.1 Å². The van der Waals surface area contributed by atoms with Gasteiger partial charge in [-0.05, 0) is 30.7 Å². The lowest BCUT2D eigenvalue weighted by Gasteiger charge is -2.25. The maximum absolute atomic E-state index is 10.5. The van der Waals surface area contributed by atoms with Gasteiger partial charge in [-0.15, -0.1) is 0 Å². The molecule has 0 saturated carbocycles. The third kappa shape index (κ3) is 4.03. The van der Waals surface area contributed by atoms with Crippen LogP contribution in [0, 0.1) is 5.92 Å². The van der Waals surface area contributed by atoms with Gasteiger partial charge < -0.3 is 20.1 Å². The molecular weight excluding hydrogens is 382 g/mol. The van der Waals surface area contributed by atoms with E-state index in [1.54, 1.807) is 0 Å². The smallest absolute Gasteiger partial charge is 0.116 e. The molecule has 3 heterocycles. The van der Waals surface area contributed by atoms with Crippen molar-refractivity contribution in [1.82, 2.24) is 9.97 Å². The number of hydrogen-bond acceptors (Lipinski definition) is 7. The number of nitrogens with zero attached hydrogens (tertiary/aromatic N) is 3. The normalized spacial score (nSPS) is 28.5. The summed E-state index contributed by atoms with van der Waals surface area (Å²) in [6, 6.07) is 8.35. The zero-order chi connectivity index (χ0) is 21.3. The van der Waals surface area contributed by atoms with E-state index in [1.807, 2.05) is 6.21 Å². The quantitative estimate of drug-likeness (QED) is 0.697. The van der Waals surface area contributed by atoms with E-state index in [0.29, 0.717) is 30.1 Å². The Morgan fingerprint density at radius 2 is 1.87 bits per heavy atom. The highest BCUT2D eigenvalue weighted by Gasteiger charge is 2.47. The van der Waals surface area contributed by atoms with E-state index in [1.165, 1.54) is 11.9 Å². The first-order valence-corrected chi connectivity index (χ1v) is 10.6. The van der Waals surface area contributed by atoms with Gasteiger partial charge in [0.2, 0.25) is 0 Å². The molecule has 5 atom stereocenters. The van der Waals surface area contributed by atoms with Crippen molar-refractivity contribution < 1.29 is 20.1 Å². The van der Waals surface area contributed by atoms with Gasteiger partial charge in [0.15, 0.2) is 0 Å². The largest absolute Gasteiger partial charge is 0.394 e. The minimum absolute atomic E-state index is 0.259. The van der Waals surface area contributed by atoms with Crippen LogP contribution in [0.15, 0.2) is 35.6 Å². The molecule has 2 aliphatic rings. The van der Waals surface area contributed by atoms with Crippen molar-refractivity contribution in [2.24, 2.45) is 10.9 Å². The Bertz CT molecular complexity index is 900. The fraction of sp³-hybridized carbons (Fsp3) is 0.522. The van der Waals surface area contributed by atoms with Crippen LogP contribution in [0.25, 0.3) is 11.3 Å². The summed E-state index contributed by atoms with van der Waals surface area (Å²) in [7, 11) is 0. The zero-order valence-electron chi connectivity index (χ0n) is 17.3. The number of aliphatic hydroxyl groups is 3. The number of ether oxygens (including phenoxy) is 1. The number of aliphatic imine (C=N–C) groups is 1. The fourth-order valence-corrected chi connectivity index (χ4v) is 4.40. The van der Waals surface area contributed by atoms with Gasteiger partial charge in [-0.2, -0.15) is 0 Å². The molecule has 7 heteroatoms. The topological polar surface area (TPSA) is 108 Å². The van der Waals surface area contributed by atoms with E-state index < -0.39 is 24.4 Å². The van der Waals surface area contributed by atoms with Crippen LogP contribution < -0.4 is 0 Å². The molecule has 3 N–H and O–H groups in total. The molecule has 2 aliphatic heterocycles. The molecular formula is C23H29N3O4. The molecule has 1 saturated heterocycles. The molecule has 1 unspecified atom stereocenters. The van der Waals surface area contributed by atoms with Crippen molar-refractivity contribution in [2.75, 3.05) is 6.61 Å². The molecule has 160 valence electrons. The van der Waals surface area contributed by atoms with Crippen molar-refractivity contribution in [3.05, 3.63) is 41.9 Å². The molecule has 0 amide bonds. The monoisotopic (exact) mass is 411 g/mol. The van der Waals surface area contributed by atoms with Crippen LogP contribution >= 0.6 is 0 Å². The van der Waals surface area contributed by atoms with Crippen molar-refractivity contribution >= 4 is 11.9 Å². The van der Waals surface area contributed by atoms with Gasteiger partial charge in [0.1, 0.15) is 30.3 Å². The van der Waals surface area contributed by atoms with Gasteiger partial charge in [0.05, 0.1) is 24.1 Å². The maximum Gasteiger partial charge on any atom is 0.116 e. The maximum atomic E-state index is 10.5. The Balaban J connectivity index is 1.69. The van der Waals surface area contributed by atoms with E-state index in [4.69, 9.17) is 4.74 Å². The number of benzene rings is 1. The van der Waals surface area contributed by atoms with E-state index in [0.717, 1.165) is 17.7 Å². The average Bonchev–Trinajstić information content (AvgIpc) is 2.90. The van der Waals surface area contributed by atoms with Crippen LogP contribution in [0.3, 0.4) is 0 Å². The summed E-state index contributed by atoms with van der Waals surface area (Å²) in [4.78, 5) is 13.6. The molecule has 0 aliphatic carbocycles. The van der Waals surface area contributed by atoms with Gasteiger partial charge in [-0.3, -0.25) is 4.99 Å². The van der Waals surface area contributed by atoms with E-state index in [2.05, 4.69) is 53.1 Å². The van der Waals surface area contributed by atoms with Crippen LogP contribution in [0.4, 0.5) is 5.69 Å². The molecule has 1 aromatic carbocycles. The number of hydrogen-bond donors (Lipinski definition) is 3. The van der Waals surface area contributed by atoms with Gasteiger partial charge >= 0.3 is 0 Å². The Hall–Kier alpha value is -2.19. The van der Waals surface area contributed by atoms with Crippen molar-refractivity contribution in [3.63, 3.8) is 0 Å². The standard InChI is InChI=1S/C23H29N3O4/c1-13(2)10-14-5-7-15(8-6-14)18-20-19(26-12-25-18)16(4-3-9-24-20)23-22(29)21(28)17(11-27)30-23/h5-9,12-13,16-17,21-23,27-29H,3-4,10-11H2,1-2H3/t16-,17+,21+,22+,23?/m0/s1. The van der Waals surface area contributed by atoms with Gasteiger partial charge in [-0.25, -0.2) is 9.97 Å². The second-order valence-corrected chi connectivity index (χ2v) is 8.55. The fourth-order valence-electron chi connectivity index (χ4n) is 4.40. The molecule has 1 fully saturated rings. The van der Waals surface area contributed by atoms with Crippen LogP contribution in [0.2, 0.25) is 0 Å². The van der Waals surface area contributed by atoms with E-state index >= 15 is 0 Å². The molecule has 30 heavy (non-hydrogen) atoms. The summed E-state index contributed by atoms with van der Waals surface area (Å²) in [5.41, 5.74) is 4.36. The Morgan fingerprint density at radius 3 is 2.53 bits per heavy atom. The summed E-state index contributed by atoms with van der Waals surface area (Å²) in [6.45, 7) is 4.05. The van der Waals surface area contributed by atoms with Crippen LogP contribution in [0.1, 0.15) is 43.9 Å². The predicted octanol–water partition coefficient (Wildman–Crippen LogP) is 2.40. The molecule has 0 spiro atoms. The predicted molar refractivity (Wildman–Crippen MR) is 114 cm³/mol. The van der Waals surface area contributed by atoms with Crippen LogP contribution in [-0.4, -0.2) is 62.5 Å². The number of aromatic nitrogens is 2. The van der Waals surface area contributed by atoms with Crippen molar-refractivity contribution in [2.45, 2.75) is 63.4 Å². The van der Waals surface area contributed by atoms with Gasteiger partial charge in [0, 0.05) is 17.7 Å². The lowest BCUT2D eigenvalue weighted by molar-refractivity contribution is -0.0314. The first-order chi connectivity index (χ1) is 14.5. The highest BCUT2D eigenvalue weighted by Crippen LogP contribution is 2.42. The second-order valence-electron chi connectivity index (χ2n) is 8.55. The molecule has 0 radical (unpaired) electrons. The Kier molecular flexibility index (Phi) is 6.24. The second kappa shape index (κ2) is 8.89. The summed E-state index contributed by atoms with van der Waals surface area (Å²) < 4.78 is 5.82. The molecule has 2 aromatic rings. The highest BCUT2D eigenvalue weighted by atomic mass is 16.6. The minimum Gasteiger partial charge on any atom is -0.394 e. The first kappa shape index (κ1) is 21.1. The van der Waals surface area contributed by atoms with Crippen molar-refractivity contribution in [1.29, 1.82) is 0 Å². The lowest BCUT2D eigenvalue weighted by Crippen LogP contribution is -2.36. The van der Waals surface area contributed by atoms with Crippen molar-refractivity contribution in [3.8, 4) is 11.3 Å². The first-order valence-electron chi connectivity index (χ1n) is 10.6. The minimum atomic E-state index is -1.12. The molecule has 7 nitrogen and oxygen atoms in total. The van der Waals surface area contributed by atoms with Crippen LogP contribution in [0.5, 0.6) is 0 Å². The third-order valence-electron chi connectivity index (χ3n) is 5.88. The summed E-state index contributed by atoms with van der Waals surface area (Å²) in [5.74, 6) is 0.332. The molecule has 0 bridgehead atoms. The number of aliphatic hydroxyl groups excluding tert-OH is 3.